The van der Waals surface area contributed by atoms with E-state index in [9.17, 15) is 9.36 Å². The summed E-state index contributed by atoms with van der Waals surface area (Å²) in [7, 11) is -1.90. The number of carbonyl (C=O) groups excluding carboxylic acids is 1. The maximum absolute atomic E-state index is 11.7. The fraction of sp³-hybridized carbons (Fsp3) is 0.462. The molecule has 1 rings (SSSR count). The first kappa shape index (κ1) is 17.9. The van der Waals surface area contributed by atoms with Gasteiger partial charge in [0, 0.05) is 0 Å². The lowest BCUT2D eigenvalue weighted by atomic mass is 10.2. The minimum Gasteiger partial charge on any atom is -0.463 e. The van der Waals surface area contributed by atoms with Crippen molar-refractivity contribution in [2.24, 2.45) is 5.92 Å². The lowest BCUT2D eigenvalue weighted by Gasteiger charge is -2.09. The van der Waals surface area contributed by atoms with Gasteiger partial charge in [-0.3, -0.25) is 9.32 Å². The molecule has 0 amide bonds. The third-order valence-corrected chi connectivity index (χ3v) is 3.39. The molecule has 19 heavy (non-hydrogen) atoms. The number of hydrogen-bond donors (Lipinski definition) is 0. The van der Waals surface area contributed by atoms with Crippen LogP contribution in [0.5, 0.6) is 5.75 Å². The van der Waals surface area contributed by atoms with Crippen LogP contribution >= 0.6 is 20.4 Å². The molecule has 1 aromatic carbocycles. The third-order valence-electron chi connectivity index (χ3n) is 2.13. The van der Waals surface area contributed by atoms with Crippen LogP contribution in [0.2, 0.25) is 0 Å². The molecule has 1 aromatic rings. The number of para-hydroxylation sites is 1. The molecular weight excluding hydrogens is 287 g/mol. The van der Waals surface area contributed by atoms with E-state index < -0.39 is 13.9 Å². The zero-order valence-corrected chi connectivity index (χ0v) is 12.9. The Morgan fingerprint density at radius 2 is 1.79 bits per heavy atom. The molecule has 0 radical (unpaired) electrons. The summed E-state index contributed by atoms with van der Waals surface area (Å²) in [5, 5.41) is 0. The molecule has 0 spiro atoms. The van der Waals surface area contributed by atoms with E-state index >= 15 is 0 Å². The van der Waals surface area contributed by atoms with E-state index in [4.69, 9.17) is 9.26 Å². The molecule has 4 nitrogen and oxygen atoms in total. The van der Waals surface area contributed by atoms with E-state index in [1.165, 1.54) is 0 Å². The fourth-order valence-electron chi connectivity index (χ4n) is 1.28. The summed E-state index contributed by atoms with van der Waals surface area (Å²) in [4.78, 5) is 11.5. The number of benzene rings is 1. The summed E-state index contributed by atoms with van der Waals surface area (Å²) in [6.07, 6.45) is 0.00310. The smallest absolute Gasteiger partial charge is 0.463 e. The van der Waals surface area contributed by atoms with Crippen molar-refractivity contribution < 1.29 is 18.6 Å². The van der Waals surface area contributed by atoms with Crippen molar-refractivity contribution in [2.45, 2.75) is 26.9 Å². The predicted octanol–water partition coefficient (Wildman–Crippen LogP) is 3.82. The first-order valence-corrected chi connectivity index (χ1v) is 7.23. The molecule has 0 fully saturated rings. The van der Waals surface area contributed by atoms with Crippen molar-refractivity contribution in [2.75, 3.05) is 6.16 Å². The molecule has 6 heteroatoms. The van der Waals surface area contributed by atoms with Gasteiger partial charge in [-0.1, -0.05) is 18.2 Å². The van der Waals surface area contributed by atoms with Crippen molar-refractivity contribution in [3.8, 4) is 5.75 Å². The van der Waals surface area contributed by atoms with Gasteiger partial charge < -0.3 is 4.74 Å². The van der Waals surface area contributed by atoms with Crippen LogP contribution in [-0.2, 0) is 14.1 Å². The molecule has 0 N–H and O–H groups in total. The summed E-state index contributed by atoms with van der Waals surface area (Å²) in [5.41, 5.74) is 0. The maximum Gasteiger partial charge on any atom is 0.556 e. The van der Waals surface area contributed by atoms with Crippen LogP contribution in [0.4, 0.5) is 0 Å². The summed E-state index contributed by atoms with van der Waals surface area (Å²) in [5.74, 6) is -0.229. The van der Waals surface area contributed by atoms with Gasteiger partial charge in [-0.05, 0) is 37.5 Å². The Labute approximate surface area is 120 Å². The molecule has 0 bridgehead atoms. The number of esters is 1. The molecule has 0 heterocycles. The number of ether oxygens (including phenoxy) is 1. The van der Waals surface area contributed by atoms with Crippen LogP contribution in [-0.4, -0.2) is 18.2 Å². The summed E-state index contributed by atoms with van der Waals surface area (Å²) in [6, 6.07) is 8.90. The van der Waals surface area contributed by atoms with E-state index in [0.29, 0.717) is 5.75 Å². The Bertz CT molecular complexity index is 408. The van der Waals surface area contributed by atoms with Gasteiger partial charge in [0.25, 0.3) is 0 Å². The standard InChI is InChI=1S/C13H18O4P.ClH/c1-10(2)16-13(14)11(3)9-18(15)17-12-7-5-4-6-8-12;/h4-8,10-11H,9H2,1-3H3;1H/q+1;/t11-;/m1./s1. The van der Waals surface area contributed by atoms with Crippen molar-refractivity contribution >= 4 is 26.4 Å². The highest BCUT2D eigenvalue weighted by atomic mass is 35.5. The van der Waals surface area contributed by atoms with Gasteiger partial charge in [0.2, 0.25) is 0 Å². The molecular formula is C13H19ClO4P+. The quantitative estimate of drug-likeness (QED) is 0.592. The molecule has 0 aliphatic carbocycles. The lowest BCUT2D eigenvalue weighted by Crippen LogP contribution is -2.20. The molecule has 1 unspecified atom stereocenters. The number of halogens is 1. The van der Waals surface area contributed by atoms with Gasteiger partial charge in [-0.25, -0.2) is 0 Å². The monoisotopic (exact) mass is 305 g/mol. The predicted molar refractivity (Wildman–Crippen MR) is 77.2 cm³/mol. The molecule has 2 atom stereocenters. The Hall–Kier alpha value is -1.12. The third kappa shape index (κ3) is 7.14. The van der Waals surface area contributed by atoms with E-state index in [0.717, 1.165) is 0 Å². The molecule has 106 valence electrons. The summed E-state index contributed by atoms with van der Waals surface area (Å²) < 4.78 is 22.0. The number of rotatable bonds is 6. The second kappa shape index (κ2) is 8.89. The highest BCUT2D eigenvalue weighted by Crippen LogP contribution is 2.29. The van der Waals surface area contributed by atoms with Crippen LogP contribution in [0.25, 0.3) is 0 Å². The van der Waals surface area contributed by atoms with Gasteiger partial charge in [0.15, 0.2) is 11.9 Å². The minimum atomic E-state index is -1.90. The topological polar surface area (TPSA) is 52.6 Å². The van der Waals surface area contributed by atoms with Gasteiger partial charge in [-0.2, -0.15) is 0 Å². The Kier molecular flexibility index (Phi) is 8.37. The first-order chi connectivity index (χ1) is 8.49. The van der Waals surface area contributed by atoms with Crippen LogP contribution in [0.1, 0.15) is 20.8 Å². The zero-order valence-electron chi connectivity index (χ0n) is 11.2. The van der Waals surface area contributed by atoms with Gasteiger partial charge >= 0.3 is 14.0 Å². The second-order valence-corrected chi connectivity index (χ2v) is 5.52. The second-order valence-electron chi connectivity index (χ2n) is 4.31. The van der Waals surface area contributed by atoms with Gasteiger partial charge in [0.1, 0.15) is 5.92 Å². The first-order valence-electron chi connectivity index (χ1n) is 5.87. The average Bonchev–Trinajstić information content (AvgIpc) is 2.29. The largest absolute Gasteiger partial charge is 0.556 e. The maximum atomic E-state index is 11.7. The molecule has 0 aromatic heterocycles. The van der Waals surface area contributed by atoms with Crippen molar-refractivity contribution in [3.63, 3.8) is 0 Å². The van der Waals surface area contributed by atoms with Crippen LogP contribution in [0, 0.1) is 5.92 Å². The Morgan fingerprint density at radius 1 is 1.21 bits per heavy atom. The summed E-state index contributed by atoms with van der Waals surface area (Å²) in [6.45, 7) is 5.25. The molecule has 0 aliphatic rings. The van der Waals surface area contributed by atoms with Crippen molar-refractivity contribution in [3.05, 3.63) is 30.3 Å². The molecule has 0 saturated heterocycles. The van der Waals surface area contributed by atoms with E-state index in [2.05, 4.69) is 0 Å². The van der Waals surface area contributed by atoms with Crippen LogP contribution in [0.3, 0.4) is 0 Å². The van der Waals surface area contributed by atoms with E-state index in [-0.39, 0.29) is 30.6 Å². The highest BCUT2D eigenvalue weighted by molar-refractivity contribution is 7.39. The van der Waals surface area contributed by atoms with E-state index in [1.807, 2.05) is 6.07 Å². The van der Waals surface area contributed by atoms with E-state index in [1.54, 1.807) is 45.0 Å². The van der Waals surface area contributed by atoms with Crippen LogP contribution in [0.15, 0.2) is 30.3 Å². The van der Waals surface area contributed by atoms with Crippen LogP contribution < -0.4 is 4.52 Å². The highest BCUT2D eigenvalue weighted by Gasteiger charge is 2.29. The number of carbonyl (C=O) groups is 1. The number of hydrogen-bond acceptors (Lipinski definition) is 4. The Balaban J connectivity index is 0.00000324. The molecule has 0 saturated carbocycles. The van der Waals surface area contributed by atoms with Crippen molar-refractivity contribution in [1.29, 1.82) is 0 Å². The minimum absolute atomic E-state index is 0. The summed E-state index contributed by atoms with van der Waals surface area (Å²) >= 11 is 0. The SMILES string of the molecule is CC(C)OC(=O)[C@H](C)C[P+](=O)Oc1ccccc1.Cl. The van der Waals surface area contributed by atoms with Gasteiger partial charge in [-0.15, -0.1) is 12.4 Å². The average molecular weight is 306 g/mol. The lowest BCUT2D eigenvalue weighted by molar-refractivity contribution is -0.151. The fourth-order valence-corrected chi connectivity index (χ4v) is 2.31. The molecule has 0 aliphatic heterocycles. The zero-order chi connectivity index (χ0) is 13.5. The Morgan fingerprint density at radius 3 is 2.32 bits per heavy atom. The van der Waals surface area contributed by atoms with Crippen molar-refractivity contribution in [1.82, 2.24) is 0 Å². The normalized spacial score (nSPS) is 12.3. The van der Waals surface area contributed by atoms with Gasteiger partial charge in [0.05, 0.1) is 6.10 Å².